The first-order chi connectivity index (χ1) is 27.5. The van der Waals surface area contributed by atoms with E-state index in [1.165, 1.54) is 28.4 Å². The molecule has 57 heavy (non-hydrogen) atoms. The first kappa shape index (κ1) is 41.3. The second-order valence-electron chi connectivity index (χ2n) is 14.3. The molecule has 304 valence electrons. The van der Waals surface area contributed by atoms with Crippen molar-refractivity contribution < 1.29 is 38.1 Å². The largest absolute Gasteiger partial charge is 0.453 e. The van der Waals surface area contributed by atoms with Crippen LogP contribution < -0.4 is 10.6 Å². The van der Waals surface area contributed by atoms with Crippen molar-refractivity contribution in [2.45, 2.75) is 75.9 Å². The number of imidazole rings is 1. The number of nitrogens with zero attached hydrogens (tertiary/aromatic N) is 3. The Morgan fingerprint density at radius 3 is 1.65 bits per heavy atom. The van der Waals surface area contributed by atoms with Gasteiger partial charge < -0.3 is 49.3 Å². The van der Waals surface area contributed by atoms with Gasteiger partial charge in [-0.1, -0.05) is 60.1 Å². The standard InChI is InChI=1S/C41H50ClN7O8/c1-23(54-3)34(46-40(52)56-5)38(50)48-19-7-9-32(48)36-29(42)21-30(44-36)27-15-11-25(12-16-27)26-13-17-28(18-14-26)31-22-43-37(45-31)33-10-8-20-49(33)39(51)35(24(2)55-4)47-41(53)57-6/h11-18,21-24,32-35,44H,7-10,19-20H2,1-6H3,(H,43,45)(H,46,52)(H,47,53)/t23-,24-,32+,33+,34+,35+/m1/s1. The zero-order chi connectivity index (χ0) is 40.8. The number of hydrogen-bond donors (Lipinski definition) is 4. The molecule has 2 aromatic heterocycles. The van der Waals surface area contributed by atoms with Gasteiger partial charge in [0.05, 0.1) is 61.1 Å². The molecule has 16 heteroatoms. The van der Waals surface area contributed by atoms with Crippen LogP contribution in [-0.4, -0.2) is 115 Å². The maximum Gasteiger partial charge on any atom is 0.407 e. The molecule has 0 aliphatic carbocycles. The molecule has 0 bridgehead atoms. The molecule has 6 atom stereocenters. The van der Waals surface area contributed by atoms with E-state index < -0.39 is 36.5 Å². The summed E-state index contributed by atoms with van der Waals surface area (Å²) in [5, 5.41) is 5.76. The second kappa shape index (κ2) is 18.3. The lowest BCUT2D eigenvalue weighted by Gasteiger charge is -2.31. The van der Waals surface area contributed by atoms with Crippen molar-refractivity contribution >= 4 is 35.6 Å². The van der Waals surface area contributed by atoms with Gasteiger partial charge in [-0.15, -0.1) is 0 Å². The number of methoxy groups -OCH3 is 4. The van der Waals surface area contributed by atoms with Gasteiger partial charge in [-0.3, -0.25) is 9.59 Å². The van der Waals surface area contributed by atoms with E-state index >= 15 is 0 Å². The summed E-state index contributed by atoms with van der Waals surface area (Å²) in [4.78, 5) is 66.4. The molecular weight excluding hydrogens is 754 g/mol. The molecule has 2 aliphatic rings. The van der Waals surface area contributed by atoms with Crippen molar-refractivity contribution in [3.8, 4) is 33.6 Å². The zero-order valence-electron chi connectivity index (χ0n) is 33.0. The number of aromatic nitrogens is 3. The van der Waals surface area contributed by atoms with Gasteiger partial charge in [0.2, 0.25) is 11.8 Å². The van der Waals surface area contributed by atoms with Crippen molar-refractivity contribution in [1.29, 1.82) is 0 Å². The molecule has 2 saturated heterocycles. The van der Waals surface area contributed by atoms with E-state index in [2.05, 4.69) is 25.6 Å². The van der Waals surface area contributed by atoms with E-state index in [4.69, 9.17) is 30.5 Å². The molecule has 6 rings (SSSR count). The SMILES string of the molecule is COC(=O)N[C@H](C(=O)N1CCC[C@H]1c1ncc(-c2ccc(-c3ccc(-c4cc(Cl)c([C@@H]5CCCN5C(=O)[C@@H](NC(=O)OC)[C@@H](C)OC)[nH]4)cc3)cc2)[nH]1)[C@@H](C)OC. The normalized spacial score (nSPS) is 18.8. The number of halogens is 1. The average molecular weight is 804 g/mol. The zero-order valence-corrected chi connectivity index (χ0v) is 33.7. The molecule has 2 fully saturated rings. The summed E-state index contributed by atoms with van der Waals surface area (Å²) < 4.78 is 20.3. The third-order valence-electron chi connectivity index (χ3n) is 11.0. The van der Waals surface area contributed by atoms with Crippen molar-refractivity contribution in [3.63, 3.8) is 0 Å². The number of rotatable bonds is 13. The number of nitrogens with one attached hydrogen (secondary N) is 4. The van der Waals surface area contributed by atoms with E-state index in [1.807, 2.05) is 54.6 Å². The highest BCUT2D eigenvalue weighted by Crippen LogP contribution is 2.39. The Balaban J connectivity index is 1.13. The van der Waals surface area contributed by atoms with Gasteiger partial charge in [0.1, 0.15) is 17.9 Å². The van der Waals surface area contributed by atoms with Crippen LogP contribution in [0.3, 0.4) is 0 Å². The first-order valence-corrected chi connectivity index (χ1v) is 19.4. The predicted molar refractivity (Wildman–Crippen MR) is 213 cm³/mol. The van der Waals surface area contributed by atoms with Crippen LogP contribution in [0.4, 0.5) is 9.59 Å². The Morgan fingerprint density at radius 2 is 1.16 bits per heavy atom. The lowest BCUT2D eigenvalue weighted by atomic mass is 10.0. The number of amides is 4. The Labute approximate surface area is 336 Å². The number of H-pyrrole nitrogens is 2. The second-order valence-corrected chi connectivity index (χ2v) is 14.7. The smallest absolute Gasteiger partial charge is 0.407 e. The minimum absolute atomic E-state index is 0.254. The lowest BCUT2D eigenvalue weighted by Crippen LogP contribution is -2.54. The molecule has 2 aliphatic heterocycles. The Hall–Kier alpha value is -5.38. The summed E-state index contributed by atoms with van der Waals surface area (Å²) in [5.41, 5.74) is 6.33. The van der Waals surface area contributed by atoms with Crippen LogP contribution in [0.25, 0.3) is 33.6 Å². The molecule has 4 heterocycles. The fourth-order valence-electron chi connectivity index (χ4n) is 7.59. The van der Waals surface area contributed by atoms with E-state index in [9.17, 15) is 19.2 Å². The minimum Gasteiger partial charge on any atom is -0.453 e. The number of aromatic amines is 2. The highest BCUT2D eigenvalue weighted by molar-refractivity contribution is 6.31. The Kier molecular flexibility index (Phi) is 13.2. The van der Waals surface area contributed by atoms with Crippen molar-refractivity contribution in [2.75, 3.05) is 41.5 Å². The van der Waals surface area contributed by atoms with Crippen LogP contribution in [0.2, 0.25) is 5.02 Å². The summed E-state index contributed by atoms with van der Waals surface area (Å²) in [7, 11) is 5.49. The summed E-state index contributed by atoms with van der Waals surface area (Å²) >= 11 is 6.79. The number of likely N-dealkylation sites (tertiary alicyclic amines) is 2. The van der Waals surface area contributed by atoms with E-state index in [1.54, 1.807) is 29.8 Å². The van der Waals surface area contributed by atoms with Gasteiger partial charge in [0, 0.05) is 33.0 Å². The van der Waals surface area contributed by atoms with Gasteiger partial charge in [-0.2, -0.15) is 0 Å². The fraction of sp³-hybridized carbons (Fsp3) is 0.439. The number of ether oxygens (including phenoxy) is 4. The molecule has 15 nitrogen and oxygen atoms in total. The predicted octanol–water partition coefficient (Wildman–Crippen LogP) is 6.24. The van der Waals surface area contributed by atoms with Crippen LogP contribution >= 0.6 is 11.6 Å². The first-order valence-electron chi connectivity index (χ1n) is 19.0. The summed E-state index contributed by atoms with van der Waals surface area (Å²) in [6, 6.07) is 15.8. The summed E-state index contributed by atoms with van der Waals surface area (Å²) in [5.74, 6) is 0.158. The van der Waals surface area contributed by atoms with Crippen LogP contribution in [-0.2, 0) is 28.5 Å². The number of carbonyl (C=O) groups is 4. The summed E-state index contributed by atoms with van der Waals surface area (Å²) in [6.45, 7) is 4.51. The third-order valence-corrected chi connectivity index (χ3v) is 11.3. The number of alkyl carbamates (subject to hydrolysis) is 2. The fourth-order valence-corrected chi connectivity index (χ4v) is 7.87. The maximum atomic E-state index is 13.7. The van der Waals surface area contributed by atoms with Crippen LogP contribution in [0.5, 0.6) is 0 Å². The Morgan fingerprint density at radius 1 is 0.702 bits per heavy atom. The highest BCUT2D eigenvalue weighted by Gasteiger charge is 2.40. The van der Waals surface area contributed by atoms with Gasteiger partial charge in [0.15, 0.2) is 0 Å². The lowest BCUT2D eigenvalue weighted by molar-refractivity contribution is -0.138. The van der Waals surface area contributed by atoms with Crippen LogP contribution in [0, 0.1) is 0 Å². The van der Waals surface area contributed by atoms with E-state index in [-0.39, 0.29) is 23.9 Å². The topological polar surface area (TPSA) is 180 Å². The minimum atomic E-state index is -0.919. The number of benzene rings is 2. The highest BCUT2D eigenvalue weighted by atomic mass is 35.5. The van der Waals surface area contributed by atoms with Crippen LogP contribution in [0.1, 0.15) is 63.1 Å². The van der Waals surface area contributed by atoms with Gasteiger partial charge in [-0.25, -0.2) is 14.6 Å². The van der Waals surface area contributed by atoms with Crippen LogP contribution in [0.15, 0.2) is 60.8 Å². The van der Waals surface area contributed by atoms with Crippen molar-refractivity contribution in [2.24, 2.45) is 0 Å². The summed E-state index contributed by atoms with van der Waals surface area (Å²) in [6.07, 6.45) is 2.28. The van der Waals surface area contributed by atoms with Gasteiger partial charge >= 0.3 is 12.2 Å². The van der Waals surface area contributed by atoms with E-state index in [0.29, 0.717) is 23.9 Å². The monoisotopic (exact) mass is 803 g/mol. The van der Waals surface area contributed by atoms with E-state index in [0.717, 1.165) is 65.0 Å². The maximum absolute atomic E-state index is 13.7. The van der Waals surface area contributed by atoms with Gasteiger partial charge in [-0.05, 0) is 67.9 Å². The number of hydrogen-bond acceptors (Lipinski definition) is 9. The molecule has 0 radical (unpaired) electrons. The van der Waals surface area contributed by atoms with Crippen molar-refractivity contribution in [1.82, 2.24) is 35.4 Å². The third kappa shape index (κ3) is 8.95. The Bertz CT molecular complexity index is 2030. The molecule has 4 amide bonds. The molecule has 4 N–H and O–H groups in total. The van der Waals surface area contributed by atoms with Gasteiger partial charge in [0.25, 0.3) is 0 Å². The molecule has 4 aromatic rings. The quantitative estimate of drug-likeness (QED) is 0.122. The molecule has 2 aromatic carbocycles. The average Bonchev–Trinajstić information content (AvgIpc) is 4.08. The molecular formula is C41H50ClN7O8. The number of carbonyl (C=O) groups excluding carboxylic acids is 4. The molecule has 0 saturated carbocycles. The molecule has 0 unspecified atom stereocenters. The van der Waals surface area contributed by atoms with Crippen molar-refractivity contribution in [3.05, 3.63) is 77.3 Å². The molecule has 0 spiro atoms.